The van der Waals surface area contributed by atoms with Crippen molar-refractivity contribution in [3.63, 3.8) is 0 Å². The number of rotatable bonds is 3. The van der Waals surface area contributed by atoms with Crippen molar-refractivity contribution in [3.8, 4) is 0 Å². The Hall–Kier alpha value is -0.350. The fourth-order valence-corrected chi connectivity index (χ4v) is 1.53. The van der Waals surface area contributed by atoms with Gasteiger partial charge >= 0.3 is 0 Å². The van der Waals surface area contributed by atoms with E-state index in [1.807, 2.05) is 31.2 Å². The Morgan fingerprint density at radius 3 is 2.50 bits per heavy atom. The summed E-state index contributed by atoms with van der Waals surface area (Å²) in [6.07, 6.45) is 0. The average Bonchev–Trinajstić information content (AvgIpc) is 2.09. The van der Waals surface area contributed by atoms with Crippen LogP contribution < -0.4 is 4.72 Å². The Morgan fingerprint density at radius 1 is 1.42 bits per heavy atom. The molecule has 2 nitrogen and oxygen atoms in total. The third-order valence-electron chi connectivity index (χ3n) is 1.34. The van der Waals surface area contributed by atoms with Crippen LogP contribution in [0.5, 0.6) is 0 Å². The van der Waals surface area contributed by atoms with Gasteiger partial charge in [0, 0.05) is 15.9 Å². The van der Waals surface area contributed by atoms with E-state index < -0.39 is 11.0 Å². The summed E-state index contributed by atoms with van der Waals surface area (Å²) < 4.78 is 14.9. The Bertz CT molecular complexity index is 273. The van der Waals surface area contributed by atoms with Gasteiger partial charge in [0.05, 0.1) is 0 Å². The van der Waals surface area contributed by atoms with Crippen LogP contribution in [0.2, 0.25) is 0 Å². The van der Waals surface area contributed by atoms with Crippen molar-refractivity contribution >= 4 is 32.6 Å². The topological polar surface area (TPSA) is 29.1 Å². The maximum Gasteiger partial charge on any atom is 0.116 e. The minimum atomic E-state index is -0.950. The van der Waals surface area contributed by atoms with Crippen molar-refractivity contribution in [3.05, 3.63) is 28.7 Å². The lowest BCUT2D eigenvalue weighted by molar-refractivity contribution is 0.687. The summed E-state index contributed by atoms with van der Waals surface area (Å²) in [6, 6.07) is 7.60. The van der Waals surface area contributed by atoms with E-state index in [4.69, 9.17) is 0 Å². The van der Waals surface area contributed by atoms with Gasteiger partial charge in [-0.25, -0.2) is 4.21 Å². The molecule has 0 radical (unpaired) electrons. The van der Waals surface area contributed by atoms with Crippen LogP contribution in [0.3, 0.4) is 0 Å². The molecular formula is C8H10BrNOS. The van der Waals surface area contributed by atoms with Crippen molar-refractivity contribution < 1.29 is 4.21 Å². The van der Waals surface area contributed by atoms with Gasteiger partial charge in [-0.1, -0.05) is 22.9 Å². The second-order valence-corrected chi connectivity index (χ2v) is 4.63. The molecule has 1 rings (SSSR count). The highest BCUT2D eigenvalue weighted by Gasteiger charge is 1.95. The van der Waals surface area contributed by atoms with Crippen LogP contribution in [-0.2, 0) is 11.0 Å². The number of nitrogens with one attached hydrogen (secondary N) is 1. The largest absolute Gasteiger partial charge is 0.305 e. The summed E-state index contributed by atoms with van der Waals surface area (Å²) >= 11 is 3.33. The van der Waals surface area contributed by atoms with Crippen molar-refractivity contribution in [2.75, 3.05) is 10.5 Å². The van der Waals surface area contributed by atoms with Crippen molar-refractivity contribution in [2.45, 2.75) is 6.92 Å². The van der Waals surface area contributed by atoms with Crippen LogP contribution in [0, 0.1) is 0 Å². The minimum Gasteiger partial charge on any atom is -0.305 e. The lowest BCUT2D eigenvalue weighted by Gasteiger charge is -2.02. The van der Waals surface area contributed by atoms with Gasteiger partial charge in [-0.05, 0) is 24.3 Å². The summed E-state index contributed by atoms with van der Waals surface area (Å²) in [5.41, 5.74) is 0.887. The summed E-state index contributed by atoms with van der Waals surface area (Å²) in [6.45, 7) is 1.88. The molecule has 0 aliphatic heterocycles. The molecule has 1 N–H and O–H groups in total. The molecule has 0 aliphatic rings. The van der Waals surface area contributed by atoms with Crippen LogP contribution in [-0.4, -0.2) is 9.96 Å². The van der Waals surface area contributed by atoms with E-state index in [0.717, 1.165) is 10.2 Å². The first-order chi connectivity index (χ1) is 5.72. The Morgan fingerprint density at radius 2 is 2.00 bits per heavy atom. The molecule has 1 aromatic carbocycles. The molecular weight excluding hydrogens is 238 g/mol. The predicted octanol–water partition coefficient (Wildman–Crippen LogP) is 2.54. The quantitative estimate of drug-likeness (QED) is 0.875. The van der Waals surface area contributed by atoms with E-state index in [1.165, 1.54) is 0 Å². The minimum absolute atomic E-state index is 0.621. The van der Waals surface area contributed by atoms with Crippen LogP contribution >= 0.6 is 15.9 Å². The molecule has 4 heteroatoms. The molecule has 0 heterocycles. The van der Waals surface area contributed by atoms with E-state index in [9.17, 15) is 4.21 Å². The second kappa shape index (κ2) is 4.62. The molecule has 12 heavy (non-hydrogen) atoms. The Balaban J connectivity index is 2.64. The smallest absolute Gasteiger partial charge is 0.116 e. The van der Waals surface area contributed by atoms with Crippen LogP contribution in [0.4, 0.5) is 5.69 Å². The zero-order valence-corrected chi connectivity index (χ0v) is 9.11. The monoisotopic (exact) mass is 247 g/mol. The first-order valence-corrected chi connectivity index (χ1v) is 5.74. The third kappa shape index (κ3) is 2.95. The van der Waals surface area contributed by atoms with E-state index in [-0.39, 0.29) is 0 Å². The average molecular weight is 248 g/mol. The SMILES string of the molecule is CCS(=O)Nc1ccc(Br)cc1. The van der Waals surface area contributed by atoms with Gasteiger partial charge < -0.3 is 4.72 Å². The number of anilines is 1. The van der Waals surface area contributed by atoms with Crippen LogP contribution in [0.1, 0.15) is 6.92 Å². The van der Waals surface area contributed by atoms with Gasteiger partial charge in [0.25, 0.3) is 0 Å². The number of halogens is 1. The van der Waals surface area contributed by atoms with Gasteiger partial charge in [-0.2, -0.15) is 0 Å². The summed E-state index contributed by atoms with van der Waals surface area (Å²) in [5, 5.41) is 0. The molecule has 0 aromatic heterocycles. The number of benzene rings is 1. The molecule has 0 aliphatic carbocycles. The maximum absolute atomic E-state index is 11.1. The zero-order chi connectivity index (χ0) is 8.97. The fraction of sp³-hybridized carbons (Fsp3) is 0.250. The highest BCUT2D eigenvalue weighted by molar-refractivity contribution is 9.10. The van der Waals surface area contributed by atoms with Gasteiger partial charge in [0.1, 0.15) is 11.0 Å². The van der Waals surface area contributed by atoms with Crippen molar-refractivity contribution in [1.29, 1.82) is 0 Å². The van der Waals surface area contributed by atoms with E-state index in [0.29, 0.717) is 5.75 Å². The molecule has 0 fully saturated rings. The van der Waals surface area contributed by atoms with Gasteiger partial charge in [-0.15, -0.1) is 0 Å². The van der Waals surface area contributed by atoms with Gasteiger partial charge in [0.2, 0.25) is 0 Å². The number of hydrogen-bond donors (Lipinski definition) is 1. The highest BCUT2D eigenvalue weighted by atomic mass is 79.9. The second-order valence-electron chi connectivity index (χ2n) is 2.24. The van der Waals surface area contributed by atoms with Crippen molar-refractivity contribution in [1.82, 2.24) is 0 Å². The summed E-state index contributed by atoms with van der Waals surface area (Å²) in [7, 11) is -0.950. The molecule has 66 valence electrons. The molecule has 0 spiro atoms. The molecule has 1 atom stereocenters. The standard InChI is InChI=1S/C8H10BrNOS/c1-2-12(11)10-8-5-3-7(9)4-6-8/h3-6,10H,2H2,1H3. The molecule has 1 aromatic rings. The van der Waals surface area contributed by atoms with E-state index >= 15 is 0 Å². The first kappa shape index (κ1) is 9.74. The third-order valence-corrected chi connectivity index (χ3v) is 2.85. The summed E-state index contributed by atoms with van der Waals surface area (Å²) in [4.78, 5) is 0. The fourth-order valence-electron chi connectivity index (χ4n) is 0.722. The zero-order valence-electron chi connectivity index (χ0n) is 6.71. The number of hydrogen-bond acceptors (Lipinski definition) is 1. The Labute approximate surface area is 83.1 Å². The van der Waals surface area contributed by atoms with Gasteiger partial charge in [0.15, 0.2) is 0 Å². The normalized spacial score (nSPS) is 12.5. The summed E-state index contributed by atoms with van der Waals surface area (Å²) in [5.74, 6) is 0.621. The molecule has 0 bridgehead atoms. The van der Waals surface area contributed by atoms with E-state index in [2.05, 4.69) is 20.7 Å². The van der Waals surface area contributed by atoms with Crippen LogP contribution in [0.25, 0.3) is 0 Å². The molecule has 0 amide bonds. The maximum atomic E-state index is 11.1. The first-order valence-electron chi connectivity index (χ1n) is 3.63. The highest BCUT2D eigenvalue weighted by Crippen LogP contribution is 2.14. The van der Waals surface area contributed by atoms with Crippen LogP contribution in [0.15, 0.2) is 28.7 Å². The lowest BCUT2D eigenvalue weighted by atomic mass is 10.3. The Kier molecular flexibility index (Phi) is 3.75. The van der Waals surface area contributed by atoms with Crippen molar-refractivity contribution in [2.24, 2.45) is 0 Å². The van der Waals surface area contributed by atoms with E-state index in [1.54, 1.807) is 0 Å². The molecule has 1 unspecified atom stereocenters. The van der Waals surface area contributed by atoms with Gasteiger partial charge in [-0.3, -0.25) is 0 Å². The lowest BCUT2D eigenvalue weighted by Crippen LogP contribution is -2.05. The molecule has 0 saturated heterocycles. The molecule has 0 saturated carbocycles. The predicted molar refractivity (Wildman–Crippen MR) is 56.4 cm³/mol.